The van der Waals surface area contributed by atoms with Gasteiger partial charge in [0.25, 0.3) is 0 Å². The zero-order valence-electron chi connectivity index (χ0n) is 17.6. The normalized spacial score (nSPS) is 17.7. The van der Waals surface area contributed by atoms with E-state index in [0.29, 0.717) is 29.2 Å². The molecule has 8 heteroatoms. The molecule has 2 atom stereocenters. The number of hydrogen-bond acceptors (Lipinski definition) is 4. The number of benzene rings is 2. The van der Waals surface area contributed by atoms with E-state index in [-0.39, 0.29) is 18.6 Å². The number of ether oxygens (including phenoxy) is 2. The number of anilines is 1. The fraction of sp³-hybridized carbons (Fsp3) is 0.364. The van der Waals surface area contributed by atoms with Crippen molar-refractivity contribution in [3.8, 4) is 11.5 Å². The highest BCUT2D eigenvalue weighted by atomic mass is 16.5. The van der Waals surface area contributed by atoms with Gasteiger partial charge in [0.05, 0.1) is 25.9 Å². The zero-order valence-corrected chi connectivity index (χ0v) is 17.6. The zero-order chi connectivity index (χ0) is 21.8. The summed E-state index contributed by atoms with van der Waals surface area (Å²) in [6.45, 7) is 2.14. The van der Waals surface area contributed by atoms with Gasteiger partial charge in [-0.05, 0) is 25.0 Å². The van der Waals surface area contributed by atoms with Gasteiger partial charge in [0.15, 0.2) is 11.5 Å². The molecule has 8 nitrogen and oxygen atoms in total. The molecule has 0 aromatic heterocycles. The van der Waals surface area contributed by atoms with Gasteiger partial charge >= 0.3 is 12.1 Å². The highest BCUT2D eigenvalue weighted by Crippen LogP contribution is 2.46. The van der Waals surface area contributed by atoms with E-state index < -0.39 is 12.1 Å². The van der Waals surface area contributed by atoms with Gasteiger partial charge in [0.2, 0.25) is 0 Å². The van der Waals surface area contributed by atoms with E-state index in [1.54, 1.807) is 24.1 Å². The number of nitrogens with one attached hydrogen (secondary N) is 1. The molecule has 2 aromatic rings. The third-order valence-corrected chi connectivity index (χ3v) is 5.41. The van der Waals surface area contributed by atoms with Crippen molar-refractivity contribution in [3.05, 3.63) is 53.6 Å². The number of methoxy groups -OCH3 is 2. The number of urea groups is 1. The van der Waals surface area contributed by atoms with Crippen LogP contribution in [0.2, 0.25) is 0 Å². The Balaban J connectivity index is 2.13. The van der Waals surface area contributed by atoms with Crippen molar-refractivity contribution >= 4 is 17.8 Å². The SMILES string of the molecule is CNC(=O)N1c2cc(OC)c(OC)cc2C(N(Cc2ccccc2)C(=O)O)CC1C. The van der Waals surface area contributed by atoms with Crippen molar-refractivity contribution in [2.45, 2.75) is 32.0 Å². The second-order valence-electron chi connectivity index (χ2n) is 7.19. The van der Waals surface area contributed by atoms with Gasteiger partial charge < -0.3 is 19.9 Å². The minimum Gasteiger partial charge on any atom is -0.493 e. The Morgan fingerprint density at radius 3 is 2.37 bits per heavy atom. The summed E-state index contributed by atoms with van der Waals surface area (Å²) in [7, 11) is 4.62. The first kappa shape index (κ1) is 21.3. The number of amides is 3. The minimum atomic E-state index is -1.02. The lowest BCUT2D eigenvalue weighted by molar-refractivity contribution is 0.113. The van der Waals surface area contributed by atoms with Crippen LogP contribution in [0.15, 0.2) is 42.5 Å². The summed E-state index contributed by atoms with van der Waals surface area (Å²) in [5, 5.41) is 12.7. The maximum absolute atomic E-state index is 12.6. The van der Waals surface area contributed by atoms with Crippen LogP contribution in [-0.2, 0) is 6.54 Å². The molecule has 3 amide bonds. The number of carboxylic acid groups (broad SMARTS) is 1. The number of fused-ring (bicyclic) bond motifs is 1. The third-order valence-electron chi connectivity index (χ3n) is 5.41. The topological polar surface area (TPSA) is 91.3 Å². The van der Waals surface area contributed by atoms with Crippen LogP contribution < -0.4 is 19.7 Å². The number of rotatable bonds is 5. The largest absolute Gasteiger partial charge is 0.493 e. The van der Waals surface area contributed by atoms with E-state index in [1.807, 2.05) is 37.3 Å². The molecule has 1 heterocycles. The van der Waals surface area contributed by atoms with Crippen LogP contribution in [0.1, 0.15) is 30.5 Å². The molecule has 0 radical (unpaired) electrons. The van der Waals surface area contributed by atoms with Gasteiger partial charge in [-0.15, -0.1) is 0 Å². The summed E-state index contributed by atoms with van der Waals surface area (Å²) in [5.41, 5.74) is 2.20. The molecule has 30 heavy (non-hydrogen) atoms. The van der Waals surface area contributed by atoms with E-state index >= 15 is 0 Å². The van der Waals surface area contributed by atoms with Gasteiger partial charge in [-0.25, -0.2) is 9.59 Å². The average Bonchev–Trinajstić information content (AvgIpc) is 2.76. The Morgan fingerprint density at radius 2 is 1.80 bits per heavy atom. The molecular weight excluding hydrogens is 386 g/mol. The fourth-order valence-electron chi connectivity index (χ4n) is 3.97. The van der Waals surface area contributed by atoms with Crippen LogP contribution in [0.5, 0.6) is 11.5 Å². The summed E-state index contributed by atoms with van der Waals surface area (Å²) in [5.74, 6) is 0.959. The predicted molar refractivity (Wildman–Crippen MR) is 113 cm³/mol. The van der Waals surface area contributed by atoms with Crippen molar-refractivity contribution in [2.24, 2.45) is 0 Å². The molecule has 3 rings (SSSR count). The lowest BCUT2D eigenvalue weighted by atomic mass is 9.90. The number of hydrogen-bond donors (Lipinski definition) is 2. The molecule has 160 valence electrons. The summed E-state index contributed by atoms with van der Waals surface area (Å²) < 4.78 is 10.9. The van der Waals surface area contributed by atoms with Crippen molar-refractivity contribution in [1.29, 1.82) is 0 Å². The van der Waals surface area contributed by atoms with Gasteiger partial charge in [-0.2, -0.15) is 0 Å². The fourth-order valence-corrected chi connectivity index (χ4v) is 3.97. The van der Waals surface area contributed by atoms with E-state index in [4.69, 9.17) is 9.47 Å². The first-order valence-electron chi connectivity index (χ1n) is 9.71. The molecule has 0 saturated heterocycles. The molecule has 2 aromatic carbocycles. The average molecular weight is 413 g/mol. The molecular formula is C22H27N3O5. The third kappa shape index (κ3) is 3.98. The number of carbonyl (C=O) groups excluding carboxylic acids is 1. The van der Waals surface area contributed by atoms with Crippen LogP contribution in [0.3, 0.4) is 0 Å². The van der Waals surface area contributed by atoms with Crippen LogP contribution in [0.25, 0.3) is 0 Å². The monoisotopic (exact) mass is 413 g/mol. The minimum absolute atomic E-state index is 0.224. The molecule has 0 bridgehead atoms. The molecule has 2 N–H and O–H groups in total. The summed E-state index contributed by atoms with van der Waals surface area (Å²) in [6.07, 6.45) is -0.570. The smallest absolute Gasteiger partial charge is 0.408 e. The van der Waals surface area contributed by atoms with Crippen molar-refractivity contribution in [2.75, 3.05) is 26.2 Å². The lowest BCUT2D eigenvalue weighted by Crippen LogP contribution is -2.50. The Bertz CT molecular complexity index is 918. The van der Waals surface area contributed by atoms with Crippen molar-refractivity contribution < 1.29 is 24.2 Å². The summed E-state index contributed by atoms with van der Waals surface area (Å²) in [6, 6.07) is 12.0. The number of nitrogens with zero attached hydrogens (tertiary/aromatic N) is 2. The Kier molecular flexibility index (Phi) is 6.34. The Morgan fingerprint density at radius 1 is 1.17 bits per heavy atom. The first-order chi connectivity index (χ1) is 14.4. The molecule has 0 fully saturated rings. The lowest BCUT2D eigenvalue weighted by Gasteiger charge is -2.42. The second kappa shape index (κ2) is 8.94. The van der Waals surface area contributed by atoms with Crippen molar-refractivity contribution in [3.63, 3.8) is 0 Å². The quantitative estimate of drug-likeness (QED) is 0.777. The van der Waals surface area contributed by atoms with Crippen LogP contribution in [0.4, 0.5) is 15.3 Å². The molecule has 0 aliphatic carbocycles. The molecule has 0 spiro atoms. The van der Waals surface area contributed by atoms with Crippen molar-refractivity contribution in [1.82, 2.24) is 10.2 Å². The first-order valence-corrected chi connectivity index (χ1v) is 9.71. The Labute approximate surface area is 176 Å². The molecule has 0 saturated carbocycles. The maximum atomic E-state index is 12.6. The number of carbonyl (C=O) groups is 2. The van der Waals surface area contributed by atoms with Crippen LogP contribution >= 0.6 is 0 Å². The van der Waals surface area contributed by atoms with Gasteiger partial charge in [-0.1, -0.05) is 30.3 Å². The second-order valence-corrected chi connectivity index (χ2v) is 7.19. The highest BCUT2D eigenvalue weighted by Gasteiger charge is 2.39. The van der Waals surface area contributed by atoms with E-state index in [1.165, 1.54) is 19.1 Å². The van der Waals surface area contributed by atoms with Gasteiger partial charge in [0.1, 0.15) is 0 Å². The van der Waals surface area contributed by atoms with Gasteiger partial charge in [-0.3, -0.25) is 9.80 Å². The molecule has 1 aliphatic heterocycles. The summed E-state index contributed by atoms with van der Waals surface area (Å²) in [4.78, 5) is 27.9. The highest BCUT2D eigenvalue weighted by molar-refractivity contribution is 5.94. The standard InChI is InChI=1S/C22H27N3O5/c1-14-10-17(24(22(27)28)13-15-8-6-5-7-9-15)16-11-19(29-3)20(30-4)12-18(16)25(14)21(26)23-2/h5-9,11-12,14,17H,10,13H2,1-4H3,(H,23,26)(H,27,28). The van der Waals surface area contributed by atoms with Crippen LogP contribution in [0, 0.1) is 0 Å². The van der Waals surface area contributed by atoms with Gasteiger partial charge in [0, 0.05) is 31.3 Å². The van der Waals surface area contributed by atoms with E-state index in [9.17, 15) is 14.7 Å². The van der Waals surface area contributed by atoms with Crippen LogP contribution in [-0.4, -0.2) is 49.4 Å². The predicted octanol–water partition coefficient (Wildman–Crippen LogP) is 3.86. The molecule has 2 unspecified atom stereocenters. The maximum Gasteiger partial charge on any atom is 0.408 e. The van der Waals surface area contributed by atoms with E-state index in [0.717, 1.165) is 5.56 Å². The van der Waals surface area contributed by atoms with E-state index in [2.05, 4.69) is 5.32 Å². The molecule has 1 aliphatic rings. The summed E-state index contributed by atoms with van der Waals surface area (Å²) >= 11 is 0. The Hall–Kier alpha value is -3.42.